The molecule has 2 aromatic rings. The Morgan fingerprint density at radius 1 is 1.24 bits per heavy atom. The van der Waals surface area contributed by atoms with Gasteiger partial charge < -0.3 is 4.74 Å². The van der Waals surface area contributed by atoms with Crippen LogP contribution in [-0.4, -0.2) is 17.1 Å². The zero-order valence-corrected chi connectivity index (χ0v) is 11.0. The molecular formula is C12H11ClN2OS. The number of aromatic nitrogens is 2. The highest BCUT2D eigenvalue weighted by Gasteiger charge is 2.06. The fraction of sp³-hybridized carbons (Fsp3) is 0.167. The number of ether oxygens (including phenoxy) is 1. The first-order chi connectivity index (χ1) is 8.19. The van der Waals surface area contributed by atoms with Gasteiger partial charge in [-0.25, -0.2) is 9.97 Å². The molecule has 0 amide bonds. The van der Waals surface area contributed by atoms with E-state index in [9.17, 15) is 0 Å². The van der Waals surface area contributed by atoms with Gasteiger partial charge in [-0.2, -0.15) is 0 Å². The van der Waals surface area contributed by atoms with Crippen LogP contribution in [0.4, 0.5) is 0 Å². The Hall–Kier alpha value is -1.26. The van der Waals surface area contributed by atoms with E-state index in [4.69, 9.17) is 16.3 Å². The number of rotatable bonds is 3. The Morgan fingerprint density at radius 2 is 2.00 bits per heavy atom. The molecule has 0 unspecified atom stereocenters. The Morgan fingerprint density at radius 3 is 2.71 bits per heavy atom. The first-order valence-corrected chi connectivity index (χ1v) is 6.20. The summed E-state index contributed by atoms with van der Waals surface area (Å²) in [7, 11) is 1.65. The van der Waals surface area contributed by atoms with Gasteiger partial charge in [-0.15, -0.1) is 0 Å². The maximum atomic E-state index is 5.89. The molecule has 0 atom stereocenters. The van der Waals surface area contributed by atoms with E-state index in [2.05, 4.69) is 9.97 Å². The molecule has 17 heavy (non-hydrogen) atoms. The van der Waals surface area contributed by atoms with Crippen molar-refractivity contribution in [1.29, 1.82) is 0 Å². The lowest BCUT2D eigenvalue weighted by atomic mass is 10.3. The molecule has 1 aromatic heterocycles. The highest BCUT2D eigenvalue weighted by atomic mass is 35.5. The van der Waals surface area contributed by atoms with Gasteiger partial charge in [-0.1, -0.05) is 35.5 Å². The van der Waals surface area contributed by atoms with Crippen LogP contribution in [0.15, 0.2) is 40.3 Å². The summed E-state index contributed by atoms with van der Waals surface area (Å²) in [5.41, 5.74) is 0. The first kappa shape index (κ1) is 12.2. The lowest BCUT2D eigenvalue weighted by molar-refractivity contribution is 0.405. The van der Waals surface area contributed by atoms with Crippen molar-refractivity contribution in [2.24, 2.45) is 0 Å². The summed E-state index contributed by atoms with van der Waals surface area (Å²) in [6, 6.07) is 9.53. The Labute approximate surface area is 109 Å². The second kappa shape index (κ2) is 5.38. The molecule has 0 bridgehead atoms. The summed E-state index contributed by atoms with van der Waals surface area (Å²) >= 11 is 7.40. The SMILES string of the molecule is COc1ccccc1Sc1cc(Cl)nc(C)n1. The predicted octanol–water partition coefficient (Wildman–Crippen LogP) is 3.60. The topological polar surface area (TPSA) is 35.0 Å². The first-order valence-electron chi connectivity index (χ1n) is 5.01. The molecular weight excluding hydrogens is 256 g/mol. The van der Waals surface area contributed by atoms with Crippen molar-refractivity contribution in [3.63, 3.8) is 0 Å². The standard InChI is InChI=1S/C12H11ClN2OS/c1-8-14-11(13)7-12(15-8)17-10-6-4-3-5-9(10)16-2/h3-7H,1-2H3. The molecule has 0 N–H and O–H groups in total. The molecule has 0 radical (unpaired) electrons. The molecule has 0 saturated carbocycles. The van der Waals surface area contributed by atoms with Crippen molar-refractivity contribution in [3.05, 3.63) is 41.3 Å². The summed E-state index contributed by atoms with van der Waals surface area (Å²) < 4.78 is 5.28. The zero-order chi connectivity index (χ0) is 12.3. The predicted molar refractivity (Wildman–Crippen MR) is 68.9 cm³/mol. The van der Waals surface area contributed by atoms with Gasteiger partial charge in [-0.3, -0.25) is 0 Å². The molecule has 1 heterocycles. The molecule has 0 fully saturated rings. The van der Waals surface area contributed by atoms with Crippen molar-refractivity contribution in [1.82, 2.24) is 9.97 Å². The van der Waals surface area contributed by atoms with Crippen molar-refractivity contribution < 1.29 is 4.74 Å². The molecule has 3 nitrogen and oxygen atoms in total. The smallest absolute Gasteiger partial charge is 0.133 e. The largest absolute Gasteiger partial charge is 0.496 e. The average Bonchev–Trinajstić information content (AvgIpc) is 2.28. The van der Waals surface area contributed by atoms with E-state index >= 15 is 0 Å². The molecule has 1 aromatic carbocycles. The molecule has 0 aliphatic rings. The van der Waals surface area contributed by atoms with Crippen LogP contribution in [0.1, 0.15) is 5.82 Å². The third-order valence-corrected chi connectivity index (χ3v) is 3.24. The van der Waals surface area contributed by atoms with Crippen LogP contribution in [0.25, 0.3) is 0 Å². The normalized spacial score (nSPS) is 10.3. The summed E-state index contributed by atoms with van der Waals surface area (Å²) in [4.78, 5) is 9.35. The van der Waals surface area contributed by atoms with Gasteiger partial charge in [0, 0.05) is 6.07 Å². The monoisotopic (exact) mass is 266 g/mol. The quantitative estimate of drug-likeness (QED) is 0.795. The number of halogens is 1. The number of benzene rings is 1. The minimum absolute atomic E-state index is 0.454. The minimum atomic E-state index is 0.454. The Bertz CT molecular complexity index is 513. The number of nitrogens with zero attached hydrogens (tertiary/aromatic N) is 2. The van der Waals surface area contributed by atoms with Gasteiger partial charge in [0.15, 0.2) is 0 Å². The van der Waals surface area contributed by atoms with Crippen molar-refractivity contribution in [2.75, 3.05) is 7.11 Å². The summed E-state index contributed by atoms with van der Waals surface area (Å²) in [5.74, 6) is 1.49. The van der Waals surface area contributed by atoms with E-state index < -0.39 is 0 Å². The molecule has 0 aliphatic carbocycles. The Kier molecular flexibility index (Phi) is 3.86. The highest BCUT2D eigenvalue weighted by molar-refractivity contribution is 7.99. The zero-order valence-electron chi connectivity index (χ0n) is 9.48. The summed E-state index contributed by atoms with van der Waals surface area (Å²) in [6.07, 6.45) is 0. The van der Waals surface area contributed by atoms with E-state index in [1.54, 1.807) is 13.2 Å². The number of aryl methyl sites for hydroxylation is 1. The van der Waals surface area contributed by atoms with Gasteiger partial charge in [-0.05, 0) is 19.1 Å². The highest BCUT2D eigenvalue weighted by Crippen LogP contribution is 2.34. The molecule has 0 saturated heterocycles. The van der Waals surface area contributed by atoms with E-state index in [0.717, 1.165) is 15.7 Å². The van der Waals surface area contributed by atoms with Crippen LogP contribution in [-0.2, 0) is 0 Å². The van der Waals surface area contributed by atoms with E-state index in [1.807, 2.05) is 31.2 Å². The average molecular weight is 267 g/mol. The molecule has 0 spiro atoms. The van der Waals surface area contributed by atoms with E-state index in [1.165, 1.54) is 11.8 Å². The minimum Gasteiger partial charge on any atom is -0.496 e. The summed E-state index contributed by atoms with van der Waals surface area (Å²) in [6.45, 7) is 1.82. The fourth-order valence-corrected chi connectivity index (χ4v) is 2.64. The number of hydrogen-bond donors (Lipinski definition) is 0. The lowest BCUT2D eigenvalue weighted by Crippen LogP contribution is -1.91. The van der Waals surface area contributed by atoms with Gasteiger partial charge in [0.1, 0.15) is 21.8 Å². The van der Waals surface area contributed by atoms with Crippen LogP contribution in [0.3, 0.4) is 0 Å². The second-order valence-electron chi connectivity index (χ2n) is 3.33. The van der Waals surface area contributed by atoms with Crippen LogP contribution in [0.5, 0.6) is 5.75 Å². The fourth-order valence-electron chi connectivity index (χ4n) is 1.37. The van der Waals surface area contributed by atoms with Crippen LogP contribution >= 0.6 is 23.4 Å². The lowest BCUT2D eigenvalue weighted by Gasteiger charge is -2.07. The second-order valence-corrected chi connectivity index (χ2v) is 4.78. The summed E-state index contributed by atoms with van der Waals surface area (Å²) in [5, 5.41) is 1.27. The van der Waals surface area contributed by atoms with Crippen LogP contribution in [0.2, 0.25) is 5.15 Å². The number of para-hydroxylation sites is 1. The number of hydrogen-bond acceptors (Lipinski definition) is 4. The molecule has 0 aliphatic heterocycles. The van der Waals surface area contributed by atoms with Crippen LogP contribution < -0.4 is 4.74 Å². The third kappa shape index (κ3) is 3.11. The third-order valence-electron chi connectivity index (χ3n) is 2.07. The Balaban J connectivity index is 2.31. The molecule has 88 valence electrons. The van der Waals surface area contributed by atoms with Gasteiger partial charge >= 0.3 is 0 Å². The molecule has 5 heteroatoms. The van der Waals surface area contributed by atoms with Gasteiger partial charge in [0.2, 0.25) is 0 Å². The van der Waals surface area contributed by atoms with Crippen molar-refractivity contribution in [3.8, 4) is 5.75 Å². The van der Waals surface area contributed by atoms with Gasteiger partial charge in [0.25, 0.3) is 0 Å². The van der Waals surface area contributed by atoms with Crippen molar-refractivity contribution in [2.45, 2.75) is 16.8 Å². The van der Waals surface area contributed by atoms with Crippen LogP contribution in [0, 0.1) is 6.92 Å². The van der Waals surface area contributed by atoms with Gasteiger partial charge in [0.05, 0.1) is 12.0 Å². The number of methoxy groups -OCH3 is 1. The van der Waals surface area contributed by atoms with E-state index in [-0.39, 0.29) is 0 Å². The molecule has 2 rings (SSSR count). The maximum Gasteiger partial charge on any atom is 0.133 e. The maximum absolute atomic E-state index is 5.89. The van der Waals surface area contributed by atoms with Crippen molar-refractivity contribution >= 4 is 23.4 Å². The van der Waals surface area contributed by atoms with E-state index in [0.29, 0.717) is 11.0 Å².